The van der Waals surface area contributed by atoms with Gasteiger partial charge in [-0.3, -0.25) is 0 Å². The fraction of sp³-hybridized carbons (Fsp3) is 0.250. The molecule has 0 N–H and O–H groups in total. The van der Waals surface area contributed by atoms with E-state index in [9.17, 15) is 4.39 Å². The number of rotatable bonds is 4. The fourth-order valence-corrected chi connectivity index (χ4v) is 2.64. The predicted octanol–water partition coefficient (Wildman–Crippen LogP) is 4.77. The Balaban J connectivity index is 2.27. The van der Waals surface area contributed by atoms with Gasteiger partial charge in [0.2, 0.25) is 0 Å². The first-order valence-corrected chi connectivity index (χ1v) is 6.96. The van der Waals surface area contributed by atoms with Gasteiger partial charge in [-0.15, -0.1) is 22.9 Å². The maximum atomic E-state index is 13.8. The number of hydrogen-bond acceptors (Lipinski definition) is 2. The number of halogens is 3. The second-order valence-corrected chi connectivity index (χ2v) is 5.18. The molecule has 0 bridgehead atoms. The summed E-state index contributed by atoms with van der Waals surface area (Å²) in [6, 6.07) is 4.94. The van der Waals surface area contributed by atoms with Crippen LogP contribution in [-0.4, -0.2) is 10.9 Å². The minimum absolute atomic E-state index is 0.125. The Labute approximate surface area is 113 Å². The SMILES string of the molecule is Fc1c(Cl)cccc1-c1nc(CCCCl)cs1. The van der Waals surface area contributed by atoms with Crippen LogP contribution in [0.15, 0.2) is 23.6 Å². The van der Waals surface area contributed by atoms with Gasteiger partial charge < -0.3 is 0 Å². The van der Waals surface area contributed by atoms with Crippen molar-refractivity contribution in [3.63, 3.8) is 0 Å². The second kappa shape index (κ2) is 5.80. The number of benzene rings is 1. The Morgan fingerprint density at radius 1 is 1.35 bits per heavy atom. The van der Waals surface area contributed by atoms with Gasteiger partial charge in [0.15, 0.2) is 5.82 Å². The van der Waals surface area contributed by atoms with Crippen LogP contribution in [0.2, 0.25) is 5.02 Å². The maximum absolute atomic E-state index is 13.8. The summed E-state index contributed by atoms with van der Waals surface area (Å²) in [5, 5.41) is 2.72. The average Bonchev–Trinajstić information content (AvgIpc) is 2.78. The first-order valence-electron chi connectivity index (χ1n) is 5.17. The molecule has 0 atom stereocenters. The zero-order valence-corrected chi connectivity index (χ0v) is 11.2. The van der Waals surface area contributed by atoms with Crippen LogP contribution >= 0.6 is 34.5 Å². The summed E-state index contributed by atoms with van der Waals surface area (Å²) in [4.78, 5) is 4.38. The van der Waals surface area contributed by atoms with Crippen LogP contribution in [0.5, 0.6) is 0 Å². The minimum Gasteiger partial charge on any atom is -0.241 e. The van der Waals surface area contributed by atoms with Crippen molar-refractivity contribution < 1.29 is 4.39 Å². The van der Waals surface area contributed by atoms with E-state index in [0.717, 1.165) is 18.5 Å². The predicted molar refractivity (Wildman–Crippen MR) is 71.6 cm³/mol. The minimum atomic E-state index is -0.410. The van der Waals surface area contributed by atoms with Crippen molar-refractivity contribution in [1.82, 2.24) is 4.98 Å². The number of hydrogen-bond donors (Lipinski definition) is 0. The summed E-state index contributed by atoms with van der Waals surface area (Å²) in [6.07, 6.45) is 1.70. The Morgan fingerprint density at radius 2 is 2.18 bits per heavy atom. The van der Waals surface area contributed by atoms with Gasteiger partial charge in [0.1, 0.15) is 5.01 Å². The number of thiazole rings is 1. The van der Waals surface area contributed by atoms with Crippen molar-refractivity contribution in [1.29, 1.82) is 0 Å². The fourth-order valence-electron chi connectivity index (χ4n) is 1.46. The van der Waals surface area contributed by atoms with Gasteiger partial charge >= 0.3 is 0 Å². The summed E-state index contributed by atoms with van der Waals surface area (Å²) < 4.78 is 13.8. The first kappa shape index (κ1) is 12.8. The lowest BCUT2D eigenvalue weighted by Gasteiger charge is -2.00. The molecule has 2 aromatic rings. The summed E-state index contributed by atoms with van der Waals surface area (Å²) in [5.41, 5.74) is 1.41. The topological polar surface area (TPSA) is 12.9 Å². The molecular weight excluding hydrogens is 280 g/mol. The van der Waals surface area contributed by atoms with Gasteiger partial charge in [0, 0.05) is 16.8 Å². The zero-order chi connectivity index (χ0) is 12.3. The average molecular weight is 290 g/mol. The Kier molecular flexibility index (Phi) is 4.37. The third-order valence-corrected chi connectivity index (χ3v) is 3.78. The highest BCUT2D eigenvalue weighted by atomic mass is 35.5. The highest BCUT2D eigenvalue weighted by molar-refractivity contribution is 7.13. The van der Waals surface area contributed by atoms with Crippen molar-refractivity contribution in [3.8, 4) is 10.6 Å². The molecule has 5 heteroatoms. The zero-order valence-electron chi connectivity index (χ0n) is 8.92. The molecule has 0 unspecified atom stereocenters. The van der Waals surface area contributed by atoms with Gasteiger partial charge in [-0.05, 0) is 25.0 Å². The molecule has 17 heavy (non-hydrogen) atoms. The lowest BCUT2D eigenvalue weighted by molar-refractivity contribution is 0.631. The van der Waals surface area contributed by atoms with Gasteiger partial charge in [-0.2, -0.15) is 0 Å². The molecule has 0 amide bonds. The summed E-state index contributed by atoms with van der Waals surface area (Å²) >= 11 is 12.8. The van der Waals surface area contributed by atoms with Gasteiger partial charge in [-0.1, -0.05) is 17.7 Å². The second-order valence-electron chi connectivity index (χ2n) is 3.54. The van der Waals surface area contributed by atoms with E-state index in [1.165, 1.54) is 17.4 Å². The molecule has 0 saturated heterocycles. The number of aromatic nitrogens is 1. The normalized spacial score (nSPS) is 10.8. The first-order chi connectivity index (χ1) is 8.22. The van der Waals surface area contributed by atoms with Crippen LogP contribution in [0.1, 0.15) is 12.1 Å². The molecule has 1 aromatic heterocycles. The molecule has 0 radical (unpaired) electrons. The number of aryl methyl sites for hydroxylation is 1. The molecule has 0 aliphatic rings. The van der Waals surface area contributed by atoms with E-state index >= 15 is 0 Å². The summed E-state index contributed by atoms with van der Waals surface area (Å²) in [7, 11) is 0. The molecule has 90 valence electrons. The molecular formula is C12H10Cl2FNS. The molecule has 2 rings (SSSR count). The van der Waals surface area contributed by atoms with Crippen LogP contribution < -0.4 is 0 Å². The van der Waals surface area contributed by atoms with E-state index in [1.54, 1.807) is 12.1 Å². The van der Waals surface area contributed by atoms with Crippen molar-refractivity contribution >= 4 is 34.5 Å². The standard InChI is InChI=1S/C12H10Cl2FNS/c13-6-2-3-8-7-17-12(16-8)9-4-1-5-10(14)11(9)15/h1,4-5,7H,2-3,6H2. The van der Waals surface area contributed by atoms with Crippen LogP contribution in [-0.2, 0) is 6.42 Å². The lowest BCUT2D eigenvalue weighted by atomic mass is 10.2. The molecule has 1 nitrogen and oxygen atoms in total. The third-order valence-electron chi connectivity index (χ3n) is 2.30. The molecule has 0 fully saturated rings. The largest absolute Gasteiger partial charge is 0.241 e. The number of nitrogens with zero attached hydrogens (tertiary/aromatic N) is 1. The molecule has 1 aromatic carbocycles. The Bertz CT molecular complexity index is 513. The molecule has 0 saturated carbocycles. The molecule has 0 spiro atoms. The summed E-state index contributed by atoms with van der Waals surface area (Å²) in [5.74, 6) is 0.200. The Morgan fingerprint density at radius 3 is 2.94 bits per heavy atom. The highest BCUT2D eigenvalue weighted by Crippen LogP contribution is 2.30. The molecule has 0 aliphatic heterocycles. The highest BCUT2D eigenvalue weighted by Gasteiger charge is 2.11. The van der Waals surface area contributed by atoms with Crippen LogP contribution in [0.25, 0.3) is 10.6 Å². The van der Waals surface area contributed by atoms with E-state index in [1.807, 2.05) is 5.38 Å². The maximum Gasteiger partial charge on any atom is 0.152 e. The van der Waals surface area contributed by atoms with Crippen molar-refractivity contribution in [2.75, 3.05) is 5.88 Å². The molecule has 1 heterocycles. The van der Waals surface area contributed by atoms with Crippen molar-refractivity contribution in [3.05, 3.63) is 40.1 Å². The van der Waals surface area contributed by atoms with Gasteiger partial charge in [-0.25, -0.2) is 9.37 Å². The molecule has 0 aliphatic carbocycles. The van der Waals surface area contributed by atoms with E-state index in [4.69, 9.17) is 23.2 Å². The third kappa shape index (κ3) is 2.97. The van der Waals surface area contributed by atoms with E-state index in [2.05, 4.69) is 4.98 Å². The number of alkyl halides is 1. The smallest absolute Gasteiger partial charge is 0.152 e. The van der Waals surface area contributed by atoms with Gasteiger partial charge in [0.05, 0.1) is 10.7 Å². The van der Waals surface area contributed by atoms with Crippen molar-refractivity contribution in [2.24, 2.45) is 0 Å². The van der Waals surface area contributed by atoms with E-state index < -0.39 is 5.82 Å². The lowest BCUT2D eigenvalue weighted by Crippen LogP contribution is -1.88. The van der Waals surface area contributed by atoms with Crippen LogP contribution in [0.3, 0.4) is 0 Å². The van der Waals surface area contributed by atoms with Crippen LogP contribution in [0, 0.1) is 5.82 Å². The van der Waals surface area contributed by atoms with Gasteiger partial charge in [0.25, 0.3) is 0 Å². The van der Waals surface area contributed by atoms with E-state index in [-0.39, 0.29) is 5.02 Å². The Hall–Kier alpha value is -0.640. The van der Waals surface area contributed by atoms with Crippen molar-refractivity contribution in [2.45, 2.75) is 12.8 Å². The van der Waals surface area contributed by atoms with E-state index in [0.29, 0.717) is 16.5 Å². The monoisotopic (exact) mass is 289 g/mol. The van der Waals surface area contributed by atoms with Crippen LogP contribution in [0.4, 0.5) is 4.39 Å². The summed E-state index contributed by atoms with van der Waals surface area (Å²) in [6.45, 7) is 0. The quantitative estimate of drug-likeness (QED) is 0.739.